The van der Waals surface area contributed by atoms with E-state index in [2.05, 4.69) is 44.0 Å². The summed E-state index contributed by atoms with van der Waals surface area (Å²) >= 11 is 0. The third-order valence-corrected chi connectivity index (χ3v) is 7.54. The fraction of sp³-hybridized carbons (Fsp3) is 0.500. The molecule has 1 heterocycles. The maximum absolute atomic E-state index is 12.1. The third-order valence-electron chi connectivity index (χ3n) is 7.54. The van der Waals surface area contributed by atoms with Crippen molar-refractivity contribution in [3.05, 3.63) is 66.0 Å². The largest absolute Gasteiger partial charge is 0.384 e. The Bertz CT molecular complexity index is 726. The molecule has 4 atom stereocenters. The zero-order valence-corrected chi connectivity index (χ0v) is 14.9. The molecule has 1 N–H and O–H groups in total. The topological polar surface area (TPSA) is 33.1 Å². The summed E-state index contributed by atoms with van der Waals surface area (Å²) in [7, 11) is 0. The summed E-state index contributed by atoms with van der Waals surface area (Å²) in [6, 6.07) is 16.4. The van der Waals surface area contributed by atoms with Crippen LogP contribution in [-0.2, 0) is 12.0 Å². The fourth-order valence-electron chi connectivity index (χ4n) is 5.88. The molecule has 2 aliphatic rings. The second-order valence-electron chi connectivity index (χ2n) is 8.46. The van der Waals surface area contributed by atoms with Gasteiger partial charge in [-0.05, 0) is 48.3 Å². The summed E-state index contributed by atoms with van der Waals surface area (Å²) in [4.78, 5) is 4.54. The zero-order chi connectivity index (χ0) is 17.0. The second kappa shape index (κ2) is 5.16. The van der Waals surface area contributed by atoms with Gasteiger partial charge in [-0.15, -0.1) is 0 Å². The van der Waals surface area contributed by atoms with Gasteiger partial charge in [-0.1, -0.05) is 57.2 Å². The van der Waals surface area contributed by atoms with E-state index in [-0.39, 0.29) is 16.7 Å². The SMILES string of the molecule is CC1(C)[C@@H]2CC[C@@]1(C)[C@@](O)(c1ccccc1)[C@@H]2Cc1ccccn1. The van der Waals surface area contributed by atoms with Crippen LogP contribution in [0.25, 0.3) is 0 Å². The Kier molecular flexibility index (Phi) is 3.41. The summed E-state index contributed by atoms with van der Waals surface area (Å²) in [6.45, 7) is 7.02. The number of aromatic nitrogens is 1. The molecule has 0 amide bonds. The van der Waals surface area contributed by atoms with E-state index in [0.717, 1.165) is 24.1 Å². The molecule has 0 saturated heterocycles. The molecule has 4 rings (SSSR count). The van der Waals surface area contributed by atoms with Gasteiger partial charge in [0.2, 0.25) is 0 Å². The minimum atomic E-state index is -0.793. The van der Waals surface area contributed by atoms with Crippen LogP contribution in [-0.4, -0.2) is 10.1 Å². The van der Waals surface area contributed by atoms with Crippen LogP contribution in [0, 0.1) is 22.7 Å². The smallest absolute Gasteiger partial charge is 0.0989 e. The van der Waals surface area contributed by atoms with Gasteiger partial charge < -0.3 is 5.11 Å². The van der Waals surface area contributed by atoms with Gasteiger partial charge in [0.05, 0.1) is 5.60 Å². The van der Waals surface area contributed by atoms with Crippen molar-refractivity contribution in [1.82, 2.24) is 4.98 Å². The minimum absolute atomic E-state index is 0.106. The molecule has 2 aliphatic carbocycles. The summed E-state index contributed by atoms with van der Waals surface area (Å²) in [5, 5.41) is 12.1. The van der Waals surface area contributed by atoms with E-state index in [1.54, 1.807) is 0 Å². The molecule has 2 nitrogen and oxygen atoms in total. The van der Waals surface area contributed by atoms with Crippen LogP contribution >= 0.6 is 0 Å². The monoisotopic (exact) mass is 321 g/mol. The lowest BCUT2D eigenvalue weighted by Crippen LogP contribution is -2.49. The number of nitrogens with zero attached hydrogens (tertiary/aromatic N) is 1. The number of hydrogen-bond donors (Lipinski definition) is 1. The Morgan fingerprint density at radius 3 is 2.42 bits per heavy atom. The van der Waals surface area contributed by atoms with Gasteiger partial charge in [0.25, 0.3) is 0 Å². The lowest BCUT2D eigenvalue weighted by molar-refractivity contribution is -0.125. The van der Waals surface area contributed by atoms with Crippen molar-refractivity contribution < 1.29 is 5.11 Å². The zero-order valence-electron chi connectivity index (χ0n) is 14.9. The van der Waals surface area contributed by atoms with Crippen LogP contribution in [0.15, 0.2) is 54.7 Å². The van der Waals surface area contributed by atoms with Crippen LogP contribution in [0.1, 0.15) is 44.9 Å². The van der Waals surface area contributed by atoms with Gasteiger partial charge in [0.15, 0.2) is 0 Å². The van der Waals surface area contributed by atoms with Crippen molar-refractivity contribution in [2.45, 2.75) is 45.6 Å². The van der Waals surface area contributed by atoms with Gasteiger partial charge in [0.1, 0.15) is 0 Å². The summed E-state index contributed by atoms with van der Waals surface area (Å²) in [6.07, 6.45) is 5.00. The molecule has 0 radical (unpaired) electrons. The first-order valence-corrected chi connectivity index (χ1v) is 9.09. The highest BCUT2D eigenvalue weighted by molar-refractivity contribution is 5.34. The Labute approximate surface area is 145 Å². The van der Waals surface area contributed by atoms with Gasteiger partial charge in [-0.25, -0.2) is 0 Å². The van der Waals surface area contributed by atoms with E-state index in [9.17, 15) is 5.11 Å². The number of benzene rings is 1. The standard InChI is InChI=1S/C22H27NO/c1-20(2)18-12-13-21(20,3)22(24,16-9-5-4-6-10-16)19(18)15-17-11-7-8-14-23-17/h4-11,14,18-19,24H,12-13,15H2,1-3H3/t18-,19-,21-,22-/m1/s1. The molecule has 2 aromatic rings. The molecular formula is C22H27NO. The Balaban J connectivity index is 1.84. The Morgan fingerprint density at radius 2 is 1.75 bits per heavy atom. The van der Waals surface area contributed by atoms with Crippen LogP contribution in [0.2, 0.25) is 0 Å². The molecule has 126 valence electrons. The van der Waals surface area contributed by atoms with Crippen molar-refractivity contribution in [2.24, 2.45) is 22.7 Å². The molecule has 2 bridgehead atoms. The third kappa shape index (κ3) is 1.84. The number of aliphatic hydroxyl groups is 1. The highest BCUT2D eigenvalue weighted by Crippen LogP contribution is 2.75. The average molecular weight is 321 g/mol. The van der Waals surface area contributed by atoms with E-state index in [0.29, 0.717) is 5.92 Å². The lowest BCUT2D eigenvalue weighted by atomic mass is 9.60. The van der Waals surface area contributed by atoms with Gasteiger partial charge in [-0.3, -0.25) is 4.98 Å². The maximum Gasteiger partial charge on any atom is 0.0989 e. The van der Waals surface area contributed by atoms with E-state index in [1.165, 1.54) is 6.42 Å². The maximum atomic E-state index is 12.1. The van der Waals surface area contributed by atoms with Gasteiger partial charge in [-0.2, -0.15) is 0 Å². The van der Waals surface area contributed by atoms with Crippen LogP contribution in [0.5, 0.6) is 0 Å². The van der Waals surface area contributed by atoms with E-state index < -0.39 is 5.60 Å². The predicted molar refractivity (Wildman–Crippen MR) is 96.4 cm³/mol. The molecule has 2 saturated carbocycles. The van der Waals surface area contributed by atoms with E-state index >= 15 is 0 Å². The number of fused-ring (bicyclic) bond motifs is 2. The first kappa shape index (κ1) is 15.8. The summed E-state index contributed by atoms with van der Waals surface area (Å²) < 4.78 is 0. The predicted octanol–water partition coefficient (Wildman–Crippen LogP) is 4.58. The first-order chi connectivity index (χ1) is 11.4. The molecule has 0 aliphatic heterocycles. The van der Waals surface area contributed by atoms with Gasteiger partial charge >= 0.3 is 0 Å². The molecule has 2 heteroatoms. The van der Waals surface area contributed by atoms with Crippen LogP contribution in [0.3, 0.4) is 0 Å². The van der Waals surface area contributed by atoms with Crippen LogP contribution in [0.4, 0.5) is 0 Å². The van der Waals surface area contributed by atoms with E-state index in [4.69, 9.17) is 0 Å². The molecule has 1 aromatic carbocycles. The molecule has 24 heavy (non-hydrogen) atoms. The van der Waals surface area contributed by atoms with Crippen molar-refractivity contribution in [2.75, 3.05) is 0 Å². The fourth-order valence-corrected chi connectivity index (χ4v) is 5.88. The highest BCUT2D eigenvalue weighted by Gasteiger charge is 2.73. The van der Waals surface area contributed by atoms with Crippen molar-refractivity contribution in [3.8, 4) is 0 Å². The first-order valence-electron chi connectivity index (χ1n) is 9.09. The van der Waals surface area contributed by atoms with Crippen molar-refractivity contribution in [1.29, 1.82) is 0 Å². The minimum Gasteiger partial charge on any atom is -0.384 e. The Morgan fingerprint density at radius 1 is 1.04 bits per heavy atom. The molecule has 0 unspecified atom stereocenters. The molecular weight excluding hydrogens is 294 g/mol. The normalized spacial score (nSPS) is 36.8. The molecule has 2 fully saturated rings. The lowest BCUT2D eigenvalue weighted by Gasteiger charge is -2.48. The average Bonchev–Trinajstić information content (AvgIpc) is 2.90. The number of rotatable bonds is 3. The number of hydrogen-bond acceptors (Lipinski definition) is 2. The summed E-state index contributed by atoms with van der Waals surface area (Å²) in [5.74, 6) is 0.735. The molecule has 0 spiro atoms. The Hall–Kier alpha value is -1.67. The quantitative estimate of drug-likeness (QED) is 0.897. The van der Waals surface area contributed by atoms with E-state index in [1.807, 2.05) is 36.5 Å². The molecule has 1 aromatic heterocycles. The number of pyridine rings is 1. The summed E-state index contributed by atoms with van der Waals surface area (Å²) in [5.41, 5.74) is 1.38. The van der Waals surface area contributed by atoms with Crippen LogP contribution < -0.4 is 0 Å². The van der Waals surface area contributed by atoms with Gasteiger partial charge in [0, 0.05) is 23.2 Å². The van der Waals surface area contributed by atoms with Crippen molar-refractivity contribution in [3.63, 3.8) is 0 Å². The van der Waals surface area contributed by atoms with Crippen molar-refractivity contribution >= 4 is 0 Å². The highest BCUT2D eigenvalue weighted by atomic mass is 16.3. The second-order valence-corrected chi connectivity index (χ2v) is 8.46.